The van der Waals surface area contributed by atoms with E-state index in [2.05, 4.69) is 12.2 Å². The molecule has 1 aliphatic rings. The monoisotopic (exact) mass is 248 g/mol. The first-order valence-corrected chi connectivity index (χ1v) is 6.22. The van der Waals surface area contributed by atoms with E-state index < -0.39 is 0 Å². The minimum Gasteiger partial charge on any atom is -0.378 e. The van der Waals surface area contributed by atoms with Crippen molar-refractivity contribution in [3.63, 3.8) is 0 Å². The molecule has 0 radical (unpaired) electrons. The lowest BCUT2D eigenvalue weighted by molar-refractivity contribution is 0.0130. The SMILES string of the molecule is CC1CC(NCc2ccc(C#N)cc2F)CCO1. The van der Waals surface area contributed by atoms with Crippen molar-refractivity contribution in [3.8, 4) is 6.07 Å². The third kappa shape index (κ3) is 3.28. The average Bonchev–Trinajstić information content (AvgIpc) is 2.37. The van der Waals surface area contributed by atoms with Gasteiger partial charge in [0.2, 0.25) is 0 Å². The number of nitrogens with zero attached hydrogens (tertiary/aromatic N) is 1. The molecule has 0 bridgehead atoms. The van der Waals surface area contributed by atoms with Gasteiger partial charge in [-0.05, 0) is 31.9 Å². The molecule has 1 fully saturated rings. The minimum atomic E-state index is -0.318. The van der Waals surface area contributed by atoms with E-state index in [4.69, 9.17) is 10.00 Å². The molecule has 0 aromatic heterocycles. The van der Waals surface area contributed by atoms with Crippen LogP contribution in [-0.4, -0.2) is 18.8 Å². The molecule has 1 aliphatic heterocycles. The third-order valence-electron chi connectivity index (χ3n) is 3.25. The summed E-state index contributed by atoms with van der Waals surface area (Å²) in [5.74, 6) is -0.318. The lowest BCUT2D eigenvalue weighted by Gasteiger charge is -2.28. The highest BCUT2D eigenvalue weighted by atomic mass is 19.1. The number of rotatable bonds is 3. The number of hydrogen-bond donors (Lipinski definition) is 1. The first-order chi connectivity index (χ1) is 8.69. The minimum absolute atomic E-state index is 0.266. The Hall–Kier alpha value is -1.44. The molecule has 1 aromatic carbocycles. The number of halogens is 1. The van der Waals surface area contributed by atoms with Crippen LogP contribution in [0.4, 0.5) is 4.39 Å². The van der Waals surface area contributed by atoms with E-state index in [1.54, 1.807) is 12.1 Å². The molecule has 0 spiro atoms. The molecule has 1 aromatic rings. The highest BCUT2D eigenvalue weighted by Crippen LogP contribution is 2.15. The molecule has 1 saturated heterocycles. The summed E-state index contributed by atoms with van der Waals surface area (Å²) in [4.78, 5) is 0. The largest absolute Gasteiger partial charge is 0.378 e. The number of nitrogens with one attached hydrogen (secondary N) is 1. The summed E-state index contributed by atoms with van der Waals surface area (Å²) < 4.78 is 19.1. The van der Waals surface area contributed by atoms with Crippen LogP contribution in [0.1, 0.15) is 30.9 Å². The van der Waals surface area contributed by atoms with Crippen LogP contribution in [0.2, 0.25) is 0 Å². The molecular weight excluding hydrogens is 231 g/mol. The zero-order valence-corrected chi connectivity index (χ0v) is 10.4. The van der Waals surface area contributed by atoms with Gasteiger partial charge in [0.1, 0.15) is 5.82 Å². The van der Waals surface area contributed by atoms with E-state index in [1.807, 2.05) is 6.07 Å². The molecule has 1 heterocycles. The number of ether oxygens (including phenoxy) is 1. The molecule has 1 N–H and O–H groups in total. The van der Waals surface area contributed by atoms with Gasteiger partial charge in [-0.1, -0.05) is 6.07 Å². The molecule has 18 heavy (non-hydrogen) atoms. The van der Waals surface area contributed by atoms with E-state index in [-0.39, 0.29) is 11.9 Å². The molecule has 2 unspecified atom stereocenters. The number of hydrogen-bond acceptors (Lipinski definition) is 3. The predicted octanol–water partition coefficient (Wildman–Crippen LogP) is 2.35. The van der Waals surface area contributed by atoms with Crippen LogP contribution in [0.5, 0.6) is 0 Å². The van der Waals surface area contributed by atoms with E-state index in [9.17, 15) is 4.39 Å². The van der Waals surface area contributed by atoms with Crippen molar-refractivity contribution in [2.24, 2.45) is 0 Å². The summed E-state index contributed by atoms with van der Waals surface area (Å²) in [6, 6.07) is 6.91. The van der Waals surface area contributed by atoms with Crippen LogP contribution in [0, 0.1) is 17.1 Å². The highest BCUT2D eigenvalue weighted by Gasteiger charge is 2.18. The molecule has 0 saturated carbocycles. The lowest BCUT2D eigenvalue weighted by Crippen LogP contribution is -2.37. The van der Waals surface area contributed by atoms with Gasteiger partial charge in [0, 0.05) is 24.8 Å². The van der Waals surface area contributed by atoms with Crippen LogP contribution in [-0.2, 0) is 11.3 Å². The Morgan fingerprint density at radius 3 is 3.06 bits per heavy atom. The molecule has 96 valence electrons. The molecular formula is C14H17FN2O. The van der Waals surface area contributed by atoms with E-state index >= 15 is 0 Å². The first-order valence-electron chi connectivity index (χ1n) is 6.22. The smallest absolute Gasteiger partial charge is 0.129 e. The molecule has 0 aliphatic carbocycles. The van der Waals surface area contributed by atoms with Crippen molar-refractivity contribution in [2.45, 2.75) is 38.5 Å². The fourth-order valence-electron chi connectivity index (χ4n) is 2.20. The normalized spacial score (nSPS) is 23.6. The van der Waals surface area contributed by atoms with E-state index in [1.165, 1.54) is 6.07 Å². The Morgan fingerprint density at radius 2 is 2.39 bits per heavy atom. The quantitative estimate of drug-likeness (QED) is 0.893. The van der Waals surface area contributed by atoms with Gasteiger partial charge in [-0.15, -0.1) is 0 Å². The Morgan fingerprint density at radius 1 is 1.56 bits per heavy atom. The van der Waals surface area contributed by atoms with Crippen molar-refractivity contribution in [3.05, 3.63) is 35.1 Å². The van der Waals surface area contributed by atoms with E-state index in [0.717, 1.165) is 19.4 Å². The third-order valence-corrected chi connectivity index (χ3v) is 3.25. The molecule has 2 rings (SSSR count). The Labute approximate surface area is 107 Å². The summed E-state index contributed by atoms with van der Waals surface area (Å²) in [7, 11) is 0. The zero-order chi connectivity index (χ0) is 13.0. The molecule has 0 amide bonds. The van der Waals surface area contributed by atoms with Crippen molar-refractivity contribution in [1.29, 1.82) is 5.26 Å². The average molecular weight is 248 g/mol. The highest BCUT2D eigenvalue weighted by molar-refractivity contribution is 5.32. The Kier molecular flexibility index (Phi) is 4.29. The summed E-state index contributed by atoms with van der Waals surface area (Å²) in [6.07, 6.45) is 2.18. The van der Waals surface area contributed by atoms with Gasteiger partial charge in [-0.25, -0.2) is 4.39 Å². The van der Waals surface area contributed by atoms with Gasteiger partial charge in [-0.3, -0.25) is 0 Å². The number of nitriles is 1. The fraction of sp³-hybridized carbons (Fsp3) is 0.500. The molecule has 3 nitrogen and oxygen atoms in total. The van der Waals surface area contributed by atoms with Crippen LogP contribution in [0.25, 0.3) is 0 Å². The van der Waals surface area contributed by atoms with Gasteiger partial charge in [0.15, 0.2) is 0 Å². The van der Waals surface area contributed by atoms with Gasteiger partial charge in [0.25, 0.3) is 0 Å². The van der Waals surface area contributed by atoms with Crippen molar-refractivity contribution in [2.75, 3.05) is 6.61 Å². The first kappa shape index (κ1) is 13.0. The summed E-state index contributed by atoms with van der Waals surface area (Å²) in [5, 5.41) is 12.0. The molecule has 2 atom stereocenters. The second-order valence-electron chi connectivity index (χ2n) is 4.70. The van der Waals surface area contributed by atoms with Gasteiger partial charge >= 0.3 is 0 Å². The predicted molar refractivity (Wildman–Crippen MR) is 66.4 cm³/mol. The topological polar surface area (TPSA) is 45.0 Å². The van der Waals surface area contributed by atoms with Gasteiger partial charge in [-0.2, -0.15) is 5.26 Å². The van der Waals surface area contributed by atoms with E-state index in [0.29, 0.717) is 23.7 Å². The second kappa shape index (κ2) is 5.94. The Balaban J connectivity index is 1.92. The lowest BCUT2D eigenvalue weighted by atomic mass is 10.0. The van der Waals surface area contributed by atoms with Gasteiger partial charge < -0.3 is 10.1 Å². The van der Waals surface area contributed by atoms with Crippen molar-refractivity contribution in [1.82, 2.24) is 5.32 Å². The van der Waals surface area contributed by atoms with Gasteiger partial charge in [0.05, 0.1) is 17.7 Å². The zero-order valence-electron chi connectivity index (χ0n) is 10.4. The van der Waals surface area contributed by atoms with Crippen LogP contribution in [0.3, 0.4) is 0 Å². The number of benzene rings is 1. The van der Waals surface area contributed by atoms with Crippen molar-refractivity contribution < 1.29 is 9.13 Å². The maximum Gasteiger partial charge on any atom is 0.129 e. The maximum absolute atomic E-state index is 13.7. The molecule has 4 heteroatoms. The maximum atomic E-state index is 13.7. The van der Waals surface area contributed by atoms with Crippen LogP contribution in [0.15, 0.2) is 18.2 Å². The second-order valence-corrected chi connectivity index (χ2v) is 4.70. The van der Waals surface area contributed by atoms with Crippen LogP contribution >= 0.6 is 0 Å². The summed E-state index contributed by atoms with van der Waals surface area (Å²) in [5.41, 5.74) is 0.962. The fourth-order valence-corrected chi connectivity index (χ4v) is 2.20. The Bertz CT molecular complexity index is 456. The van der Waals surface area contributed by atoms with Crippen molar-refractivity contribution >= 4 is 0 Å². The standard InChI is InChI=1S/C14H17FN2O/c1-10-6-13(4-5-18-10)17-9-12-3-2-11(8-16)7-14(12)15/h2-3,7,10,13,17H,4-6,9H2,1H3. The summed E-state index contributed by atoms with van der Waals surface area (Å²) in [6.45, 7) is 3.31. The summed E-state index contributed by atoms with van der Waals surface area (Å²) >= 11 is 0. The van der Waals surface area contributed by atoms with Crippen LogP contribution < -0.4 is 5.32 Å².